The van der Waals surface area contributed by atoms with E-state index in [0.717, 1.165) is 12.5 Å². The van der Waals surface area contributed by atoms with Gasteiger partial charge in [0.15, 0.2) is 0 Å². The molecule has 1 aromatic carbocycles. The molecule has 0 aromatic heterocycles. The Hall–Kier alpha value is -1.18. The number of nitrogens with one attached hydrogen (secondary N) is 1. The summed E-state index contributed by atoms with van der Waals surface area (Å²) in [5, 5.41) is 3.61. The van der Waals surface area contributed by atoms with Crippen LogP contribution in [0.2, 0.25) is 0 Å². The van der Waals surface area contributed by atoms with E-state index in [0.29, 0.717) is 0 Å². The lowest BCUT2D eigenvalue weighted by molar-refractivity contribution is 0.519. The summed E-state index contributed by atoms with van der Waals surface area (Å²) < 4.78 is 0. The van der Waals surface area contributed by atoms with Crippen LogP contribution in [-0.2, 0) is 0 Å². The van der Waals surface area contributed by atoms with Gasteiger partial charge in [-0.15, -0.1) is 0 Å². The van der Waals surface area contributed by atoms with Crippen LogP contribution in [0.5, 0.6) is 0 Å². The Morgan fingerprint density at radius 1 is 1.16 bits per heavy atom. The largest absolute Gasteiger partial charge is 0.385 e. The highest BCUT2D eigenvalue weighted by molar-refractivity contribution is 5.60. The number of benzene rings is 1. The fourth-order valence-electron chi connectivity index (χ4n) is 2.85. The lowest BCUT2D eigenvalue weighted by Crippen LogP contribution is -2.18. The van der Waals surface area contributed by atoms with Crippen molar-refractivity contribution in [2.75, 3.05) is 29.9 Å². The lowest BCUT2D eigenvalue weighted by atomic mass is 10.0. The van der Waals surface area contributed by atoms with Crippen molar-refractivity contribution in [1.82, 2.24) is 0 Å². The number of nitrogens with zero attached hydrogens (tertiary/aromatic N) is 1. The first-order valence-corrected chi connectivity index (χ1v) is 7.84. The molecule has 0 bridgehead atoms. The molecule has 1 aromatic rings. The Labute approximate surface area is 118 Å². The molecule has 0 spiro atoms. The Kier molecular flexibility index (Phi) is 5.12. The van der Waals surface area contributed by atoms with Crippen molar-refractivity contribution in [2.45, 2.75) is 46.5 Å². The van der Waals surface area contributed by atoms with Crippen molar-refractivity contribution >= 4 is 11.4 Å². The summed E-state index contributed by atoms with van der Waals surface area (Å²) >= 11 is 0. The third-order valence-corrected chi connectivity index (χ3v) is 4.42. The van der Waals surface area contributed by atoms with Gasteiger partial charge in [-0.25, -0.2) is 0 Å². The molecule has 1 aliphatic heterocycles. The van der Waals surface area contributed by atoms with Crippen molar-refractivity contribution in [3.8, 4) is 0 Å². The number of hydrogen-bond acceptors (Lipinski definition) is 2. The second-order valence-corrected chi connectivity index (χ2v) is 5.76. The summed E-state index contributed by atoms with van der Waals surface area (Å²) in [6.07, 6.45) is 5.20. The summed E-state index contributed by atoms with van der Waals surface area (Å²) in [5.41, 5.74) is 4.06. The third kappa shape index (κ3) is 3.65. The standard InChI is InChI=1S/C17H28N2/c1-4-15(5-2)13-18-17-9-8-16(12-14(17)3)19-10-6-7-11-19/h8-9,12,15,18H,4-7,10-11,13H2,1-3H3. The van der Waals surface area contributed by atoms with Gasteiger partial charge in [-0.3, -0.25) is 0 Å². The summed E-state index contributed by atoms with van der Waals surface area (Å²) in [4.78, 5) is 2.50. The fourth-order valence-corrected chi connectivity index (χ4v) is 2.85. The molecule has 0 aliphatic carbocycles. The summed E-state index contributed by atoms with van der Waals surface area (Å²) in [6.45, 7) is 10.3. The Balaban J connectivity index is 1.98. The molecule has 106 valence electrons. The predicted molar refractivity (Wildman–Crippen MR) is 85.2 cm³/mol. The maximum atomic E-state index is 3.61. The van der Waals surface area contributed by atoms with Crippen molar-refractivity contribution in [1.29, 1.82) is 0 Å². The van der Waals surface area contributed by atoms with Crippen LogP contribution < -0.4 is 10.2 Å². The highest BCUT2D eigenvalue weighted by Gasteiger charge is 2.13. The molecule has 0 atom stereocenters. The van der Waals surface area contributed by atoms with Crippen molar-refractivity contribution in [3.05, 3.63) is 23.8 Å². The second kappa shape index (κ2) is 6.83. The number of rotatable bonds is 6. The van der Waals surface area contributed by atoms with E-state index in [-0.39, 0.29) is 0 Å². The van der Waals surface area contributed by atoms with E-state index in [1.807, 2.05) is 0 Å². The predicted octanol–water partition coefficient (Wildman–Crippen LogP) is 4.44. The zero-order valence-electron chi connectivity index (χ0n) is 12.7. The van der Waals surface area contributed by atoms with E-state index < -0.39 is 0 Å². The van der Waals surface area contributed by atoms with E-state index in [9.17, 15) is 0 Å². The minimum absolute atomic E-state index is 0.789. The molecule has 1 aliphatic rings. The summed E-state index contributed by atoms with van der Waals surface area (Å²) in [7, 11) is 0. The van der Waals surface area contributed by atoms with Crippen LogP contribution in [-0.4, -0.2) is 19.6 Å². The molecule has 0 radical (unpaired) electrons. The molecular weight excluding hydrogens is 232 g/mol. The van der Waals surface area contributed by atoms with Gasteiger partial charge in [0.25, 0.3) is 0 Å². The zero-order chi connectivity index (χ0) is 13.7. The van der Waals surface area contributed by atoms with Gasteiger partial charge in [-0.05, 0) is 49.4 Å². The molecular formula is C17H28N2. The molecule has 2 nitrogen and oxygen atoms in total. The maximum absolute atomic E-state index is 3.61. The van der Waals surface area contributed by atoms with Crippen LogP contribution in [0.15, 0.2) is 18.2 Å². The molecule has 2 heteroatoms. The van der Waals surface area contributed by atoms with E-state index in [4.69, 9.17) is 0 Å². The quantitative estimate of drug-likeness (QED) is 0.813. The summed E-state index contributed by atoms with van der Waals surface area (Å²) in [6, 6.07) is 6.86. The first-order valence-electron chi connectivity index (χ1n) is 7.84. The van der Waals surface area contributed by atoms with Crippen molar-refractivity contribution in [3.63, 3.8) is 0 Å². The minimum atomic E-state index is 0.789. The van der Waals surface area contributed by atoms with Crippen LogP contribution in [0.3, 0.4) is 0 Å². The normalized spacial score (nSPS) is 15.3. The smallest absolute Gasteiger partial charge is 0.0371 e. The molecule has 1 fully saturated rings. The van der Waals surface area contributed by atoms with Gasteiger partial charge in [-0.2, -0.15) is 0 Å². The maximum Gasteiger partial charge on any atom is 0.0371 e. The molecule has 0 unspecified atom stereocenters. The Morgan fingerprint density at radius 2 is 1.84 bits per heavy atom. The number of aryl methyl sites for hydroxylation is 1. The van der Waals surface area contributed by atoms with Crippen molar-refractivity contribution in [2.24, 2.45) is 5.92 Å². The number of anilines is 2. The topological polar surface area (TPSA) is 15.3 Å². The van der Waals surface area contributed by atoms with Gasteiger partial charge in [0.1, 0.15) is 0 Å². The van der Waals surface area contributed by atoms with E-state index in [1.54, 1.807) is 0 Å². The second-order valence-electron chi connectivity index (χ2n) is 5.76. The van der Waals surface area contributed by atoms with Gasteiger partial charge in [0.2, 0.25) is 0 Å². The van der Waals surface area contributed by atoms with Crippen molar-refractivity contribution < 1.29 is 0 Å². The van der Waals surface area contributed by atoms with Crippen LogP contribution >= 0.6 is 0 Å². The van der Waals surface area contributed by atoms with Gasteiger partial charge in [0, 0.05) is 31.0 Å². The van der Waals surface area contributed by atoms with Crippen LogP contribution in [0.1, 0.15) is 45.1 Å². The highest BCUT2D eigenvalue weighted by Crippen LogP contribution is 2.25. The van der Waals surface area contributed by atoms with E-state index >= 15 is 0 Å². The fraction of sp³-hybridized carbons (Fsp3) is 0.647. The lowest BCUT2D eigenvalue weighted by Gasteiger charge is -2.20. The third-order valence-electron chi connectivity index (χ3n) is 4.42. The first-order chi connectivity index (χ1) is 9.24. The molecule has 2 rings (SSSR count). The van der Waals surface area contributed by atoms with Crippen LogP contribution in [0.25, 0.3) is 0 Å². The average molecular weight is 260 g/mol. The summed E-state index contributed by atoms with van der Waals surface area (Å²) in [5.74, 6) is 0.789. The molecule has 0 amide bonds. The molecule has 1 saturated heterocycles. The average Bonchev–Trinajstić information content (AvgIpc) is 2.95. The van der Waals surface area contributed by atoms with Gasteiger partial charge < -0.3 is 10.2 Å². The highest BCUT2D eigenvalue weighted by atomic mass is 15.1. The SMILES string of the molecule is CCC(CC)CNc1ccc(N2CCCC2)cc1C. The van der Waals surface area contributed by atoms with E-state index in [2.05, 4.69) is 49.2 Å². The Morgan fingerprint density at radius 3 is 2.42 bits per heavy atom. The van der Waals surface area contributed by atoms with Gasteiger partial charge in [-0.1, -0.05) is 26.7 Å². The molecule has 0 saturated carbocycles. The van der Waals surface area contributed by atoms with Gasteiger partial charge in [0.05, 0.1) is 0 Å². The van der Waals surface area contributed by atoms with E-state index in [1.165, 1.54) is 55.7 Å². The molecule has 19 heavy (non-hydrogen) atoms. The van der Waals surface area contributed by atoms with Crippen LogP contribution in [0.4, 0.5) is 11.4 Å². The zero-order valence-corrected chi connectivity index (χ0v) is 12.7. The number of hydrogen-bond donors (Lipinski definition) is 1. The monoisotopic (exact) mass is 260 g/mol. The molecule has 1 N–H and O–H groups in total. The van der Waals surface area contributed by atoms with Gasteiger partial charge >= 0.3 is 0 Å². The molecule has 1 heterocycles. The minimum Gasteiger partial charge on any atom is -0.385 e. The van der Waals surface area contributed by atoms with Crippen LogP contribution in [0, 0.1) is 12.8 Å². The first kappa shape index (κ1) is 14.2. The Bertz CT molecular complexity index is 390.